The summed E-state index contributed by atoms with van der Waals surface area (Å²) in [6, 6.07) is -1.08. The SMILES string of the molecule is CC(C)c1ocnc1CN1CCN(C2NC(=O)CC(C(F)F)N2)CC1. The number of aromatic nitrogens is 1. The molecule has 2 atom stereocenters. The van der Waals surface area contributed by atoms with Gasteiger partial charge in [-0.15, -0.1) is 0 Å². The molecule has 140 valence electrons. The Morgan fingerprint density at radius 3 is 2.68 bits per heavy atom. The average molecular weight is 357 g/mol. The number of alkyl halides is 2. The molecule has 3 rings (SSSR count). The molecular formula is C16H25F2N5O2. The molecule has 2 aliphatic heterocycles. The van der Waals surface area contributed by atoms with Gasteiger partial charge >= 0.3 is 0 Å². The molecule has 0 aromatic carbocycles. The normalized spacial score (nSPS) is 26.4. The van der Waals surface area contributed by atoms with Gasteiger partial charge in [-0.3, -0.25) is 19.9 Å². The Balaban J connectivity index is 1.53. The number of rotatable bonds is 5. The maximum Gasteiger partial charge on any atom is 0.254 e. The first-order valence-electron chi connectivity index (χ1n) is 8.66. The lowest BCUT2D eigenvalue weighted by molar-refractivity contribution is -0.129. The van der Waals surface area contributed by atoms with Crippen molar-refractivity contribution in [3.63, 3.8) is 0 Å². The van der Waals surface area contributed by atoms with E-state index in [2.05, 4.69) is 34.4 Å². The molecular weight excluding hydrogens is 332 g/mol. The van der Waals surface area contributed by atoms with E-state index in [-0.39, 0.29) is 18.2 Å². The van der Waals surface area contributed by atoms with Crippen LogP contribution < -0.4 is 10.6 Å². The molecule has 0 aliphatic carbocycles. The topological polar surface area (TPSA) is 73.6 Å². The number of amides is 1. The Morgan fingerprint density at radius 2 is 2.04 bits per heavy atom. The van der Waals surface area contributed by atoms with Crippen LogP contribution in [0.15, 0.2) is 10.8 Å². The maximum absolute atomic E-state index is 12.9. The highest BCUT2D eigenvalue weighted by Crippen LogP contribution is 2.20. The van der Waals surface area contributed by atoms with Crippen LogP contribution in [0.4, 0.5) is 8.78 Å². The van der Waals surface area contributed by atoms with Crippen molar-refractivity contribution in [1.29, 1.82) is 0 Å². The molecule has 1 aromatic heterocycles. The highest BCUT2D eigenvalue weighted by Gasteiger charge is 2.35. The number of hydrogen-bond donors (Lipinski definition) is 2. The number of hydrogen-bond acceptors (Lipinski definition) is 6. The summed E-state index contributed by atoms with van der Waals surface area (Å²) < 4.78 is 31.3. The number of carbonyl (C=O) groups is 1. The zero-order chi connectivity index (χ0) is 18.0. The molecule has 0 saturated carbocycles. The Bertz CT molecular complexity index is 587. The van der Waals surface area contributed by atoms with E-state index in [0.29, 0.717) is 19.6 Å². The second-order valence-electron chi connectivity index (χ2n) is 6.91. The summed E-state index contributed by atoms with van der Waals surface area (Å²) in [4.78, 5) is 20.2. The van der Waals surface area contributed by atoms with E-state index >= 15 is 0 Å². The minimum absolute atomic E-state index is 0.182. The molecule has 0 spiro atoms. The van der Waals surface area contributed by atoms with E-state index < -0.39 is 18.8 Å². The first kappa shape index (κ1) is 18.2. The summed E-state index contributed by atoms with van der Waals surface area (Å²) in [5.41, 5.74) is 0.949. The van der Waals surface area contributed by atoms with Gasteiger partial charge in [-0.1, -0.05) is 13.8 Å². The molecule has 1 aromatic rings. The summed E-state index contributed by atoms with van der Waals surface area (Å²) >= 11 is 0. The zero-order valence-corrected chi connectivity index (χ0v) is 14.5. The lowest BCUT2D eigenvalue weighted by atomic mass is 10.1. The number of piperazine rings is 1. The Labute approximate surface area is 145 Å². The summed E-state index contributed by atoms with van der Waals surface area (Å²) in [5.74, 6) is 0.857. The van der Waals surface area contributed by atoms with Crippen molar-refractivity contribution in [2.45, 2.75) is 51.5 Å². The van der Waals surface area contributed by atoms with Gasteiger partial charge in [-0.05, 0) is 0 Å². The van der Waals surface area contributed by atoms with Crippen LogP contribution in [-0.4, -0.2) is 65.6 Å². The molecule has 0 radical (unpaired) electrons. The Hall–Kier alpha value is -1.58. The predicted molar refractivity (Wildman–Crippen MR) is 86.9 cm³/mol. The van der Waals surface area contributed by atoms with Crippen LogP contribution in [0.5, 0.6) is 0 Å². The summed E-state index contributed by atoms with van der Waals surface area (Å²) in [6.07, 6.45) is -1.78. The van der Waals surface area contributed by atoms with E-state index in [1.807, 2.05) is 4.90 Å². The van der Waals surface area contributed by atoms with Gasteiger partial charge in [0, 0.05) is 45.1 Å². The van der Waals surface area contributed by atoms with Gasteiger partial charge in [0.1, 0.15) is 12.0 Å². The van der Waals surface area contributed by atoms with Crippen molar-refractivity contribution in [3.05, 3.63) is 17.8 Å². The largest absolute Gasteiger partial charge is 0.448 e. The van der Waals surface area contributed by atoms with Crippen LogP contribution in [0, 0.1) is 0 Å². The molecule has 1 amide bonds. The van der Waals surface area contributed by atoms with Crippen LogP contribution >= 0.6 is 0 Å². The first-order valence-corrected chi connectivity index (χ1v) is 8.66. The predicted octanol–water partition coefficient (Wildman–Crippen LogP) is 0.942. The van der Waals surface area contributed by atoms with Crippen LogP contribution in [-0.2, 0) is 11.3 Å². The molecule has 2 saturated heterocycles. The van der Waals surface area contributed by atoms with Crippen molar-refractivity contribution in [3.8, 4) is 0 Å². The minimum atomic E-state index is -2.54. The Morgan fingerprint density at radius 1 is 1.32 bits per heavy atom. The second kappa shape index (κ2) is 7.76. The van der Waals surface area contributed by atoms with E-state index in [0.717, 1.165) is 24.5 Å². The van der Waals surface area contributed by atoms with Crippen LogP contribution in [0.2, 0.25) is 0 Å². The summed E-state index contributed by atoms with van der Waals surface area (Å²) in [5, 5.41) is 5.59. The number of halogens is 2. The standard InChI is InChI=1S/C16H25F2N5O2/c1-10(2)14-12(19-9-25-14)8-22-3-5-23(6-4-22)16-20-11(15(17)18)7-13(24)21-16/h9-11,15-16,20H,3-8H2,1-2H3,(H,21,24). The maximum atomic E-state index is 12.9. The molecule has 25 heavy (non-hydrogen) atoms. The molecule has 2 aliphatic rings. The van der Waals surface area contributed by atoms with Crippen LogP contribution in [0.1, 0.15) is 37.6 Å². The summed E-state index contributed by atoms with van der Waals surface area (Å²) in [6.45, 7) is 7.76. The number of nitrogens with one attached hydrogen (secondary N) is 2. The van der Waals surface area contributed by atoms with Crippen molar-refractivity contribution in [2.24, 2.45) is 0 Å². The zero-order valence-electron chi connectivity index (χ0n) is 14.5. The molecule has 7 nitrogen and oxygen atoms in total. The minimum Gasteiger partial charge on any atom is -0.448 e. The van der Waals surface area contributed by atoms with Gasteiger partial charge in [0.25, 0.3) is 6.43 Å². The van der Waals surface area contributed by atoms with E-state index in [4.69, 9.17) is 4.42 Å². The molecule has 2 fully saturated rings. The second-order valence-corrected chi connectivity index (χ2v) is 6.91. The smallest absolute Gasteiger partial charge is 0.254 e. The number of carbonyl (C=O) groups excluding carboxylic acids is 1. The van der Waals surface area contributed by atoms with E-state index in [1.54, 1.807) is 0 Å². The third-order valence-corrected chi connectivity index (χ3v) is 4.72. The monoisotopic (exact) mass is 357 g/mol. The van der Waals surface area contributed by atoms with Crippen molar-refractivity contribution in [1.82, 2.24) is 25.4 Å². The van der Waals surface area contributed by atoms with E-state index in [1.165, 1.54) is 6.39 Å². The third-order valence-electron chi connectivity index (χ3n) is 4.72. The Kier molecular flexibility index (Phi) is 5.65. The first-order chi connectivity index (χ1) is 11.9. The molecule has 9 heteroatoms. The molecule has 3 heterocycles. The van der Waals surface area contributed by atoms with Gasteiger partial charge in [-0.2, -0.15) is 0 Å². The quantitative estimate of drug-likeness (QED) is 0.817. The fourth-order valence-corrected chi connectivity index (χ4v) is 3.33. The molecule has 2 N–H and O–H groups in total. The average Bonchev–Trinajstić information content (AvgIpc) is 3.03. The van der Waals surface area contributed by atoms with E-state index in [9.17, 15) is 13.6 Å². The van der Waals surface area contributed by atoms with Gasteiger partial charge in [0.05, 0.1) is 11.7 Å². The highest BCUT2D eigenvalue weighted by molar-refractivity contribution is 5.77. The molecule has 2 unspecified atom stereocenters. The van der Waals surface area contributed by atoms with Crippen molar-refractivity contribution >= 4 is 5.91 Å². The lowest BCUT2D eigenvalue weighted by Crippen LogP contribution is -2.67. The fourth-order valence-electron chi connectivity index (χ4n) is 3.33. The number of nitrogens with zero attached hydrogens (tertiary/aromatic N) is 3. The van der Waals surface area contributed by atoms with Crippen LogP contribution in [0.3, 0.4) is 0 Å². The summed E-state index contributed by atoms with van der Waals surface area (Å²) in [7, 11) is 0. The fraction of sp³-hybridized carbons (Fsp3) is 0.750. The lowest BCUT2D eigenvalue weighted by Gasteiger charge is -2.42. The third kappa shape index (κ3) is 4.34. The van der Waals surface area contributed by atoms with Crippen LogP contribution in [0.25, 0.3) is 0 Å². The molecule has 0 bridgehead atoms. The highest BCUT2D eigenvalue weighted by atomic mass is 19.3. The van der Waals surface area contributed by atoms with Gasteiger partial charge in [0.2, 0.25) is 5.91 Å². The van der Waals surface area contributed by atoms with Gasteiger partial charge in [-0.25, -0.2) is 13.8 Å². The number of oxazole rings is 1. The van der Waals surface area contributed by atoms with Crippen molar-refractivity contribution < 1.29 is 18.0 Å². The van der Waals surface area contributed by atoms with Crippen molar-refractivity contribution in [2.75, 3.05) is 26.2 Å². The van der Waals surface area contributed by atoms with Gasteiger partial charge < -0.3 is 9.73 Å². The van der Waals surface area contributed by atoms with Gasteiger partial charge in [0.15, 0.2) is 6.39 Å².